The van der Waals surface area contributed by atoms with Gasteiger partial charge in [-0.05, 0) is 54.1 Å². The lowest BCUT2D eigenvalue weighted by Gasteiger charge is -2.05. The number of rotatable bonds is 9. The van der Waals surface area contributed by atoms with Gasteiger partial charge in [0.2, 0.25) is 0 Å². The number of benzene rings is 2. The molecule has 0 bridgehead atoms. The number of hydrazone groups is 1. The molecule has 0 saturated carbocycles. The lowest BCUT2D eigenvalue weighted by molar-refractivity contribution is -0.385. The summed E-state index contributed by atoms with van der Waals surface area (Å²) < 4.78 is 15.4. The molecule has 3 rings (SSSR count). The van der Waals surface area contributed by atoms with Crippen molar-refractivity contribution in [2.24, 2.45) is 5.10 Å². The summed E-state index contributed by atoms with van der Waals surface area (Å²) in [5.41, 5.74) is 2.66. The Bertz CT molecular complexity index is 1140. The normalized spacial score (nSPS) is 10.9. The van der Waals surface area contributed by atoms with E-state index in [2.05, 4.69) is 10.5 Å². The highest BCUT2D eigenvalue weighted by molar-refractivity contribution is 5.88. The summed E-state index contributed by atoms with van der Waals surface area (Å²) in [6.45, 7) is -0.442. The van der Waals surface area contributed by atoms with Crippen LogP contribution in [0, 0.1) is 10.1 Å². The number of amides is 1. The van der Waals surface area contributed by atoms with E-state index in [1.165, 1.54) is 42.8 Å². The number of ether oxygens (including phenoxy) is 2. The number of esters is 1. The molecule has 3 aromatic rings. The van der Waals surface area contributed by atoms with E-state index in [1.54, 1.807) is 42.5 Å². The third-order valence-corrected chi connectivity index (χ3v) is 3.85. The van der Waals surface area contributed by atoms with Crippen LogP contribution in [0.3, 0.4) is 0 Å². The van der Waals surface area contributed by atoms with E-state index >= 15 is 0 Å². The molecule has 0 spiro atoms. The molecule has 0 aliphatic heterocycles. The van der Waals surface area contributed by atoms with Crippen LogP contribution in [-0.4, -0.2) is 29.6 Å². The SMILES string of the molecule is O=C(COc1ccccc1[N+](=O)[O-])NN=Cc1ccc(OC(=O)C=Cc2ccco2)cc1. The molecule has 0 fully saturated rings. The van der Waals surface area contributed by atoms with Gasteiger partial charge >= 0.3 is 11.7 Å². The molecule has 0 radical (unpaired) electrons. The van der Waals surface area contributed by atoms with Crippen molar-refractivity contribution in [1.82, 2.24) is 5.43 Å². The van der Waals surface area contributed by atoms with Gasteiger partial charge in [-0.3, -0.25) is 14.9 Å². The fraction of sp³-hybridized carbons (Fsp3) is 0.0455. The summed E-state index contributed by atoms with van der Waals surface area (Å²) in [5.74, 6) is -0.302. The van der Waals surface area contributed by atoms with Gasteiger partial charge in [-0.2, -0.15) is 5.10 Å². The molecule has 1 heterocycles. The number of nitro benzene ring substituents is 1. The van der Waals surface area contributed by atoms with Gasteiger partial charge in [-0.25, -0.2) is 10.2 Å². The Kier molecular flexibility index (Phi) is 7.47. The zero-order valence-corrected chi connectivity index (χ0v) is 16.5. The van der Waals surface area contributed by atoms with E-state index in [4.69, 9.17) is 13.9 Å². The minimum Gasteiger partial charge on any atom is -0.477 e. The molecule has 1 aromatic heterocycles. The number of nitrogens with zero attached hydrogens (tertiary/aromatic N) is 2. The quantitative estimate of drug-likeness (QED) is 0.136. The van der Waals surface area contributed by atoms with Crippen molar-refractivity contribution >= 4 is 29.9 Å². The zero-order valence-electron chi connectivity index (χ0n) is 16.5. The van der Waals surface area contributed by atoms with Gasteiger partial charge in [-0.15, -0.1) is 0 Å². The van der Waals surface area contributed by atoms with Gasteiger partial charge in [0.25, 0.3) is 5.91 Å². The van der Waals surface area contributed by atoms with Crippen LogP contribution < -0.4 is 14.9 Å². The second-order valence-corrected chi connectivity index (χ2v) is 6.15. The maximum atomic E-state index is 11.8. The van der Waals surface area contributed by atoms with Gasteiger partial charge in [0.15, 0.2) is 12.4 Å². The average Bonchev–Trinajstić information content (AvgIpc) is 3.31. The van der Waals surface area contributed by atoms with Crippen LogP contribution >= 0.6 is 0 Å². The van der Waals surface area contributed by atoms with E-state index in [-0.39, 0.29) is 11.4 Å². The Labute approximate surface area is 181 Å². The minimum atomic E-state index is -0.596. The topological polar surface area (TPSA) is 133 Å². The molecule has 0 aliphatic carbocycles. The van der Waals surface area contributed by atoms with Gasteiger partial charge in [0.05, 0.1) is 17.4 Å². The number of hydrogen-bond donors (Lipinski definition) is 1. The number of para-hydroxylation sites is 2. The minimum absolute atomic E-state index is 0.0132. The second kappa shape index (κ2) is 10.9. The van der Waals surface area contributed by atoms with Crippen LogP contribution in [0.5, 0.6) is 11.5 Å². The predicted octanol–water partition coefficient (Wildman–Crippen LogP) is 3.34. The molecular weight excluding hydrogens is 418 g/mol. The van der Waals surface area contributed by atoms with E-state index in [0.29, 0.717) is 17.1 Å². The Hall–Kier alpha value is -4.73. The van der Waals surface area contributed by atoms with Crippen molar-refractivity contribution < 1.29 is 28.4 Å². The summed E-state index contributed by atoms with van der Waals surface area (Å²) in [7, 11) is 0. The highest BCUT2D eigenvalue weighted by Crippen LogP contribution is 2.25. The van der Waals surface area contributed by atoms with Gasteiger partial charge in [-0.1, -0.05) is 12.1 Å². The summed E-state index contributed by atoms with van der Waals surface area (Å²) in [6.07, 6.45) is 5.61. The molecule has 32 heavy (non-hydrogen) atoms. The monoisotopic (exact) mass is 435 g/mol. The Morgan fingerprint density at radius 3 is 2.59 bits per heavy atom. The lowest BCUT2D eigenvalue weighted by Crippen LogP contribution is -2.24. The number of furan rings is 1. The van der Waals surface area contributed by atoms with Crippen molar-refractivity contribution in [3.05, 3.63) is 94.4 Å². The molecule has 1 N–H and O–H groups in total. The Morgan fingerprint density at radius 1 is 1.09 bits per heavy atom. The molecule has 0 aliphatic rings. The van der Waals surface area contributed by atoms with Crippen molar-refractivity contribution in [2.45, 2.75) is 0 Å². The first kappa shape index (κ1) is 22.0. The van der Waals surface area contributed by atoms with Gasteiger partial charge in [0, 0.05) is 12.1 Å². The number of hydrogen-bond acceptors (Lipinski definition) is 8. The molecule has 0 saturated heterocycles. The fourth-order valence-corrected chi connectivity index (χ4v) is 2.39. The van der Waals surface area contributed by atoms with Crippen LogP contribution in [-0.2, 0) is 9.59 Å². The van der Waals surface area contributed by atoms with E-state index in [1.807, 2.05) is 0 Å². The van der Waals surface area contributed by atoms with Crippen molar-refractivity contribution in [3.8, 4) is 11.5 Å². The summed E-state index contributed by atoms with van der Waals surface area (Å²) in [4.78, 5) is 33.9. The standard InChI is InChI=1S/C22H17N3O7/c26-21(15-31-20-6-2-1-5-19(20)25(28)29)24-23-14-16-7-9-18(10-8-16)32-22(27)12-11-17-4-3-13-30-17/h1-14H,15H2,(H,24,26). The molecular formula is C22H17N3O7. The first-order valence-electron chi connectivity index (χ1n) is 9.23. The van der Waals surface area contributed by atoms with Crippen molar-refractivity contribution in [1.29, 1.82) is 0 Å². The van der Waals surface area contributed by atoms with E-state index in [9.17, 15) is 19.7 Å². The number of nitro groups is 1. The average molecular weight is 435 g/mol. The smallest absolute Gasteiger partial charge is 0.336 e. The first-order chi connectivity index (χ1) is 15.5. The van der Waals surface area contributed by atoms with Crippen molar-refractivity contribution in [3.63, 3.8) is 0 Å². The number of carbonyl (C=O) groups is 2. The largest absolute Gasteiger partial charge is 0.477 e. The third kappa shape index (κ3) is 6.66. The maximum Gasteiger partial charge on any atom is 0.336 e. The zero-order chi connectivity index (χ0) is 22.8. The molecule has 0 atom stereocenters. The molecule has 1 amide bonds. The van der Waals surface area contributed by atoms with Crippen LogP contribution in [0.15, 0.2) is 82.5 Å². The number of carbonyl (C=O) groups excluding carboxylic acids is 2. The maximum absolute atomic E-state index is 11.8. The summed E-state index contributed by atoms with van der Waals surface area (Å²) in [6, 6.07) is 15.6. The highest BCUT2D eigenvalue weighted by atomic mass is 16.6. The second-order valence-electron chi connectivity index (χ2n) is 6.15. The van der Waals surface area contributed by atoms with Crippen LogP contribution in [0.1, 0.15) is 11.3 Å². The predicted molar refractivity (Wildman–Crippen MR) is 114 cm³/mol. The van der Waals surface area contributed by atoms with Gasteiger partial charge < -0.3 is 13.9 Å². The van der Waals surface area contributed by atoms with E-state index in [0.717, 1.165) is 0 Å². The highest BCUT2D eigenvalue weighted by Gasteiger charge is 2.14. The fourth-order valence-electron chi connectivity index (χ4n) is 2.39. The van der Waals surface area contributed by atoms with Crippen LogP contribution in [0.4, 0.5) is 5.69 Å². The Morgan fingerprint density at radius 2 is 1.88 bits per heavy atom. The molecule has 0 unspecified atom stereocenters. The first-order valence-corrected chi connectivity index (χ1v) is 9.23. The molecule has 10 nitrogen and oxygen atoms in total. The Balaban J connectivity index is 1.45. The molecule has 2 aromatic carbocycles. The van der Waals surface area contributed by atoms with E-state index < -0.39 is 23.4 Å². The van der Waals surface area contributed by atoms with Crippen molar-refractivity contribution in [2.75, 3.05) is 6.61 Å². The third-order valence-electron chi connectivity index (χ3n) is 3.85. The summed E-state index contributed by atoms with van der Waals surface area (Å²) >= 11 is 0. The number of nitrogens with one attached hydrogen (secondary N) is 1. The summed E-state index contributed by atoms with van der Waals surface area (Å²) in [5, 5.41) is 14.7. The molecule has 162 valence electrons. The van der Waals surface area contributed by atoms with Gasteiger partial charge in [0.1, 0.15) is 11.5 Å². The van der Waals surface area contributed by atoms with Crippen LogP contribution in [0.25, 0.3) is 6.08 Å². The lowest BCUT2D eigenvalue weighted by atomic mass is 10.2. The molecule has 10 heteroatoms. The van der Waals surface area contributed by atoms with Crippen LogP contribution in [0.2, 0.25) is 0 Å².